The molecule has 2 amide bonds. The first kappa shape index (κ1) is 22.6. The Morgan fingerprint density at radius 1 is 1.40 bits per heavy atom. The van der Waals surface area contributed by atoms with E-state index in [4.69, 9.17) is 22.6 Å². The van der Waals surface area contributed by atoms with Crippen molar-refractivity contribution in [2.75, 3.05) is 17.6 Å². The molecule has 0 saturated carbocycles. The zero-order valence-electron chi connectivity index (χ0n) is 17.1. The van der Waals surface area contributed by atoms with Crippen molar-refractivity contribution in [1.82, 2.24) is 9.88 Å². The summed E-state index contributed by atoms with van der Waals surface area (Å²) >= 11 is 0. The number of piperidine rings is 1. The number of nitrogen functional groups attached to an aromatic ring is 1. The number of anilines is 2. The van der Waals surface area contributed by atoms with Gasteiger partial charge in [0, 0.05) is 18.5 Å². The SMILES string of the molecule is Cc1cc(NC(=O)C(=O)N2C[C@H](C)CC[C@H]2C(N)=CC=NC(=N)C=CN)cnc1N. The molecule has 1 aliphatic heterocycles. The molecule has 0 aliphatic carbocycles. The molecule has 2 heterocycles. The van der Waals surface area contributed by atoms with Gasteiger partial charge in [-0.2, -0.15) is 0 Å². The largest absolute Gasteiger partial charge is 0.404 e. The Hall–Kier alpha value is -3.69. The molecular weight excluding hydrogens is 384 g/mol. The Labute approximate surface area is 175 Å². The first-order chi connectivity index (χ1) is 14.2. The number of nitrogens with two attached hydrogens (primary N) is 3. The van der Waals surface area contributed by atoms with Gasteiger partial charge in [0.1, 0.15) is 11.7 Å². The van der Waals surface area contributed by atoms with E-state index in [1.54, 1.807) is 13.0 Å². The highest BCUT2D eigenvalue weighted by Crippen LogP contribution is 2.25. The number of allylic oxidation sites excluding steroid dienone is 1. The number of nitrogens with one attached hydrogen (secondary N) is 2. The van der Waals surface area contributed by atoms with Crippen LogP contribution in [-0.4, -0.2) is 46.3 Å². The number of nitrogens with zero attached hydrogens (tertiary/aromatic N) is 3. The maximum absolute atomic E-state index is 12.9. The summed E-state index contributed by atoms with van der Waals surface area (Å²) < 4.78 is 0. The third-order valence-electron chi connectivity index (χ3n) is 4.77. The number of aromatic nitrogens is 1. The molecule has 1 aliphatic rings. The second-order valence-electron chi connectivity index (χ2n) is 7.23. The molecule has 160 valence electrons. The molecule has 0 spiro atoms. The highest BCUT2D eigenvalue weighted by molar-refractivity contribution is 6.39. The third kappa shape index (κ3) is 5.90. The van der Waals surface area contributed by atoms with Crippen LogP contribution in [0.2, 0.25) is 0 Å². The monoisotopic (exact) mass is 412 g/mol. The summed E-state index contributed by atoms with van der Waals surface area (Å²) in [7, 11) is 0. The van der Waals surface area contributed by atoms with Crippen molar-refractivity contribution >= 4 is 35.4 Å². The number of aryl methyl sites for hydroxylation is 1. The first-order valence-corrected chi connectivity index (χ1v) is 9.53. The number of carbonyl (C=O) groups excluding carboxylic acids is 2. The molecule has 1 fully saturated rings. The van der Waals surface area contributed by atoms with E-state index in [1.165, 1.54) is 35.7 Å². The summed E-state index contributed by atoms with van der Waals surface area (Å²) in [5, 5.41) is 10.1. The van der Waals surface area contributed by atoms with Crippen LogP contribution in [0.15, 0.2) is 41.3 Å². The Bertz CT molecular complexity index is 906. The van der Waals surface area contributed by atoms with Crippen molar-refractivity contribution in [3.8, 4) is 0 Å². The van der Waals surface area contributed by atoms with Crippen LogP contribution >= 0.6 is 0 Å². The van der Waals surface area contributed by atoms with E-state index in [2.05, 4.69) is 15.3 Å². The predicted octanol–water partition coefficient (Wildman–Crippen LogP) is 0.901. The summed E-state index contributed by atoms with van der Waals surface area (Å²) in [5.74, 6) is -0.871. The molecule has 0 unspecified atom stereocenters. The van der Waals surface area contributed by atoms with Crippen LogP contribution in [0.3, 0.4) is 0 Å². The minimum atomic E-state index is -0.767. The van der Waals surface area contributed by atoms with E-state index in [0.717, 1.165) is 6.42 Å². The first-order valence-electron chi connectivity index (χ1n) is 9.53. The number of amides is 2. The van der Waals surface area contributed by atoms with Gasteiger partial charge in [0.2, 0.25) is 0 Å². The van der Waals surface area contributed by atoms with Crippen LogP contribution < -0.4 is 22.5 Å². The van der Waals surface area contributed by atoms with Crippen LogP contribution in [0.4, 0.5) is 11.5 Å². The Balaban J connectivity index is 2.15. The molecule has 10 heteroatoms. The van der Waals surface area contributed by atoms with Crippen LogP contribution in [0, 0.1) is 18.3 Å². The number of likely N-dealkylation sites (tertiary alicyclic amines) is 1. The van der Waals surface area contributed by atoms with Gasteiger partial charge in [-0.15, -0.1) is 0 Å². The van der Waals surface area contributed by atoms with Gasteiger partial charge in [0.05, 0.1) is 17.9 Å². The molecule has 0 radical (unpaired) electrons. The number of hydrogen-bond acceptors (Lipinski definition) is 7. The standard InChI is InChI=1S/C20H28N8O2/c1-12-3-4-16(15(22)6-8-25-17(23)5-7-21)28(11-12)20(30)19(29)27-14-9-13(2)18(24)26-10-14/h5-10,12,16,23H,3-4,11,21-22H2,1-2H3,(H2,24,26)(H,27,29)/t12-,16+/m1/s1. The number of pyridine rings is 1. The minimum Gasteiger partial charge on any atom is -0.404 e. The molecule has 0 bridgehead atoms. The van der Waals surface area contributed by atoms with E-state index in [-0.39, 0.29) is 11.8 Å². The molecule has 10 nitrogen and oxygen atoms in total. The normalized spacial score (nSPS) is 19.9. The molecule has 0 aromatic carbocycles. The maximum Gasteiger partial charge on any atom is 0.313 e. The van der Waals surface area contributed by atoms with E-state index in [1.807, 2.05) is 6.92 Å². The lowest BCUT2D eigenvalue weighted by molar-refractivity contribution is -0.145. The maximum atomic E-state index is 12.9. The van der Waals surface area contributed by atoms with E-state index < -0.39 is 17.9 Å². The lowest BCUT2D eigenvalue weighted by Gasteiger charge is -2.38. The molecule has 30 heavy (non-hydrogen) atoms. The van der Waals surface area contributed by atoms with Crippen molar-refractivity contribution < 1.29 is 9.59 Å². The zero-order valence-corrected chi connectivity index (χ0v) is 17.1. The Morgan fingerprint density at radius 2 is 2.13 bits per heavy atom. The molecule has 2 rings (SSSR count). The highest BCUT2D eigenvalue weighted by Gasteiger charge is 2.34. The van der Waals surface area contributed by atoms with Gasteiger partial charge in [-0.3, -0.25) is 15.0 Å². The fourth-order valence-electron chi connectivity index (χ4n) is 3.14. The number of carbonyl (C=O) groups is 2. The summed E-state index contributed by atoms with van der Waals surface area (Å²) in [6, 6.07) is 1.22. The zero-order chi connectivity index (χ0) is 22.3. The minimum absolute atomic E-state index is 0.0291. The second-order valence-corrected chi connectivity index (χ2v) is 7.23. The molecule has 1 aromatic rings. The average Bonchev–Trinajstić information content (AvgIpc) is 2.70. The van der Waals surface area contributed by atoms with E-state index in [0.29, 0.717) is 35.7 Å². The van der Waals surface area contributed by atoms with Crippen LogP contribution in [0.25, 0.3) is 0 Å². The average molecular weight is 412 g/mol. The predicted molar refractivity (Wildman–Crippen MR) is 118 cm³/mol. The number of rotatable bonds is 4. The molecule has 8 N–H and O–H groups in total. The van der Waals surface area contributed by atoms with Crippen LogP contribution in [-0.2, 0) is 9.59 Å². The van der Waals surface area contributed by atoms with Gasteiger partial charge in [-0.05, 0) is 55.7 Å². The van der Waals surface area contributed by atoms with Crippen molar-refractivity contribution in [3.63, 3.8) is 0 Å². The fourth-order valence-corrected chi connectivity index (χ4v) is 3.14. The number of hydrogen-bond donors (Lipinski definition) is 5. The quantitative estimate of drug-likeness (QED) is 0.279. The van der Waals surface area contributed by atoms with Gasteiger partial charge in [-0.25, -0.2) is 9.98 Å². The lowest BCUT2D eigenvalue weighted by Crippen LogP contribution is -2.52. The highest BCUT2D eigenvalue weighted by atomic mass is 16.2. The summed E-state index contributed by atoms with van der Waals surface area (Å²) in [4.78, 5) is 34.8. The third-order valence-corrected chi connectivity index (χ3v) is 4.77. The van der Waals surface area contributed by atoms with Crippen molar-refractivity contribution in [1.29, 1.82) is 5.41 Å². The molecular formula is C20H28N8O2. The lowest BCUT2D eigenvalue weighted by atomic mass is 9.92. The smallest absolute Gasteiger partial charge is 0.313 e. The van der Waals surface area contributed by atoms with Gasteiger partial charge < -0.3 is 27.4 Å². The molecule has 2 atom stereocenters. The van der Waals surface area contributed by atoms with Gasteiger partial charge in [0.15, 0.2) is 0 Å². The van der Waals surface area contributed by atoms with E-state index >= 15 is 0 Å². The topological polar surface area (TPSA) is 177 Å². The van der Waals surface area contributed by atoms with Crippen LogP contribution in [0.5, 0.6) is 0 Å². The molecule has 1 saturated heterocycles. The van der Waals surface area contributed by atoms with Crippen molar-refractivity contribution in [2.24, 2.45) is 22.4 Å². The number of amidine groups is 1. The van der Waals surface area contributed by atoms with Gasteiger partial charge >= 0.3 is 11.8 Å². The van der Waals surface area contributed by atoms with Crippen molar-refractivity contribution in [2.45, 2.75) is 32.7 Å². The fraction of sp³-hybridized carbons (Fsp3) is 0.350. The number of aliphatic imine (C=N–C) groups is 1. The van der Waals surface area contributed by atoms with E-state index in [9.17, 15) is 9.59 Å². The summed E-state index contributed by atoms with van der Waals surface area (Å²) in [5.41, 5.74) is 18.6. The van der Waals surface area contributed by atoms with Gasteiger partial charge in [0.25, 0.3) is 0 Å². The van der Waals surface area contributed by atoms with Gasteiger partial charge in [-0.1, -0.05) is 6.92 Å². The summed E-state index contributed by atoms with van der Waals surface area (Å²) in [6.45, 7) is 4.19. The second kappa shape index (κ2) is 10.2. The molecule has 1 aromatic heterocycles. The summed E-state index contributed by atoms with van der Waals surface area (Å²) in [6.07, 6.45) is 8.35. The van der Waals surface area contributed by atoms with Crippen molar-refractivity contribution in [3.05, 3.63) is 41.9 Å². The Kier molecular flexibility index (Phi) is 7.68. The Morgan fingerprint density at radius 3 is 2.80 bits per heavy atom. The van der Waals surface area contributed by atoms with Crippen LogP contribution in [0.1, 0.15) is 25.3 Å².